The maximum atomic E-state index is 13.7. The van der Waals surface area contributed by atoms with Crippen molar-refractivity contribution < 1.29 is 18.9 Å². The van der Waals surface area contributed by atoms with Crippen molar-refractivity contribution in [3.63, 3.8) is 0 Å². The number of fused-ring (bicyclic) bond motifs is 2. The second-order valence-electron chi connectivity index (χ2n) is 7.92. The van der Waals surface area contributed by atoms with E-state index in [1.807, 2.05) is 29.2 Å². The molecule has 1 N–H and O–H groups in total. The highest BCUT2D eigenvalue weighted by Gasteiger charge is 2.64. The van der Waals surface area contributed by atoms with Gasteiger partial charge in [-0.3, -0.25) is 24.6 Å². The van der Waals surface area contributed by atoms with Crippen LogP contribution in [-0.4, -0.2) is 35.1 Å². The first kappa shape index (κ1) is 19.2. The van der Waals surface area contributed by atoms with Gasteiger partial charge in [0.1, 0.15) is 5.54 Å². The summed E-state index contributed by atoms with van der Waals surface area (Å²) in [5.74, 6) is -1.70. The molecule has 1 fully saturated rings. The molecule has 8 nitrogen and oxygen atoms in total. The quantitative estimate of drug-likeness (QED) is 0.395. The number of non-ortho nitro benzene ring substituents is 1. The van der Waals surface area contributed by atoms with Crippen LogP contribution < -0.4 is 5.32 Å². The second kappa shape index (κ2) is 6.88. The predicted octanol–water partition coefficient (Wildman–Crippen LogP) is 3.56. The number of benzene rings is 2. The van der Waals surface area contributed by atoms with Crippen LogP contribution in [0.4, 0.5) is 11.4 Å². The van der Waals surface area contributed by atoms with Crippen molar-refractivity contribution in [1.29, 1.82) is 0 Å². The topological polar surface area (TPSA) is 106 Å². The summed E-state index contributed by atoms with van der Waals surface area (Å²) in [6.07, 6.45) is 1.42. The van der Waals surface area contributed by atoms with E-state index in [2.05, 4.69) is 5.32 Å². The smallest absolute Gasteiger partial charge is 0.269 e. The molecule has 2 aromatic carbocycles. The number of Topliss-reactive ketones (excluding diaryl/α,β-unsaturated/α-hetero) is 1. The van der Waals surface area contributed by atoms with Crippen molar-refractivity contribution in [1.82, 2.24) is 4.90 Å². The van der Waals surface area contributed by atoms with Gasteiger partial charge in [0.05, 0.1) is 17.1 Å². The minimum absolute atomic E-state index is 0.0541. The molecule has 0 bridgehead atoms. The monoisotopic (exact) mass is 417 g/mol. The van der Waals surface area contributed by atoms with E-state index >= 15 is 0 Å². The van der Waals surface area contributed by atoms with E-state index in [4.69, 9.17) is 4.42 Å². The molecular formula is C23H19N3O5. The predicted molar refractivity (Wildman–Crippen MR) is 112 cm³/mol. The summed E-state index contributed by atoms with van der Waals surface area (Å²) in [5.41, 5.74) is 0.730. The SMILES string of the molecule is CN1C[C@H](c2cccc([N+](=O)[O-])c2)[C@@H](C(=O)c2ccco2)[C@@]12C(=O)Nc1ccccc12. The van der Waals surface area contributed by atoms with Crippen LogP contribution in [0.5, 0.6) is 0 Å². The fourth-order valence-electron chi connectivity index (χ4n) is 5.14. The third kappa shape index (κ3) is 2.65. The first-order valence-corrected chi connectivity index (χ1v) is 9.89. The van der Waals surface area contributed by atoms with Crippen LogP contribution in [0.1, 0.15) is 27.6 Å². The average Bonchev–Trinajstić information content (AvgIpc) is 3.47. The van der Waals surface area contributed by atoms with Gasteiger partial charge in [-0.15, -0.1) is 0 Å². The van der Waals surface area contributed by atoms with Crippen molar-refractivity contribution in [3.05, 3.63) is 93.9 Å². The molecule has 3 heterocycles. The Morgan fingerprint density at radius 3 is 2.74 bits per heavy atom. The second-order valence-corrected chi connectivity index (χ2v) is 7.92. The maximum absolute atomic E-state index is 13.7. The summed E-state index contributed by atoms with van der Waals surface area (Å²) < 4.78 is 5.41. The van der Waals surface area contributed by atoms with E-state index in [1.54, 1.807) is 31.3 Å². The van der Waals surface area contributed by atoms with Crippen molar-refractivity contribution in [2.45, 2.75) is 11.5 Å². The molecule has 0 aliphatic carbocycles. The molecule has 0 unspecified atom stereocenters. The molecule has 3 aromatic rings. The van der Waals surface area contributed by atoms with Crippen molar-refractivity contribution in [3.8, 4) is 0 Å². The highest BCUT2D eigenvalue weighted by molar-refractivity contribution is 6.11. The molecule has 156 valence electrons. The van der Waals surface area contributed by atoms with Crippen LogP contribution in [-0.2, 0) is 10.3 Å². The summed E-state index contributed by atoms with van der Waals surface area (Å²) in [4.78, 5) is 40.0. The van der Waals surface area contributed by atoms with E-state index in [-0.39, 0.29) is 23.1 Å². The van der Waals surface area contributed by atoms with Crippen molar-refractivity contribution in [2.75, 3.05) is 18.9 Å². The Balaban J connectivity index is 1.72. The number of nitrogens with one attached hydrogen (secondary N) is 1. The van der Waals surface area contributed by atoms with Gasteiger partial charge in [-0.05, 0) is 30.8 Å². The van der Waals surface area contributed by atoms with Crippen LogP contribution in [0, 0.1) is 16.0 Å². The largest absolute Gasteiger partial charge is 0.461 e. The number of carbonyl (C=O) groups excluding carboxylic acids is 2. The molecule has 5 rings (SSSR count). The van der Waals surface area contributed by atoms with Gasteiger partial charge in [-0.1, -0.05) is 30.3 Å². The van der Waals surface area contributed by atoms with E-state index < -0.39 is 22.3 Å². The van der Waals surface area contributed by atoms with Gasteiger partial charge in [-0.25, -0.2) is 0 Å². The van der Waals surface area contributed by atoms with E-state index in [0.717, 1.165) is 5.56 Å². The number of nitrogens with zero attached hydrogens (tertiary/aromatic N) is 2. The summed E-state index contributed by atoms with van der Waals surface area (Å²) in [7, 11) is 1.81. The number of hydrogen-bond acceptors (Lipinski definition) is 6. The number of rotatable bonds is 4. The zero-order chi connectivity index (χ0) is 21.8. The lowest BCUT2D eigenvalue weighted by Gasteiger charge is -2.35. The number of nitro groups is 1. The lowest BCUT2D eigenvalue weighted by molar-refractivity contribution is -0.384. The van der Waals surface area contributed by atoms with Gasteiger partial charge < -0.3 is 9.73 Å². The summed E-state index contributed by atoms with van der Waals surface area (Å²) in [5, 5.41) is 14.3. The van der Waals surface area contributed by atoms with Crippen molar-refractivity contribution in [2.24, 2.45) is 5.92 Å². The standard InChI is InChI=1S/C23H19N3O5/c1-25-13-16(14-6-4-7-15(12-14)26(29)30)20(21(27)19-10-5-11-31-19)23(25)17-8-2-3-9-18(17)24-22(23)28/h2-12,16,20H,13H2,1H3,(H,24,28)/t16-,20+,23+/m1/s1. The molecule has 31 heavy (non-hydrogen) atoms. The van der Waals surface area contributed by atoms with Gasteiger partial charge in [0.15, 0.2) is 5.76 Å². The average molecular weight is 417 g/mol. The third-order valence-electron chi connectivity index (χ3n) is 6.41. The first-order valence-electron chi connectivity index (χ1n) is 9.89. The number of amides is 1. The number of para-hydroxylation sites is 1. The van der Waals surface area contributed by atoms with Crippen LogP contribution in [0.25, 0.3) is 0 Å². The Morgan fingerprint density at radius 1 is 1.19 bits per heavy atom. The number of carbonyl (C=O) groups is 2. The molecule has 0 saturated carbocycles. The molecule has 1 aromatic heterocycles. The molecule has 1 amide bonds. The lowest BCUT2D eigenvalue weighted by atomic mass is 9.71. The first-order chi connectivity index (χ1) is 14.9. The Bertz CT molecular complexity index is 1210. The normalized spacial score (nSPS) is 24.9. The van der Waals surface area contributed by atoms with E-state index in [1.165, 1.54) is 18.4 Å². The highest BCUT2D eigenvalue weighted by Crippen LogP contribution is 2.55. The van der Waals surface area contributed by atoms with Gasteiger partial charge >= 0.3 is 0 Å². The Kier molecular flexibility index (Phi) is 4.26. The molecule has 2 aliphatic rings. The molecule has 0 radical (unpaired) electrons. The number of likely N-dealkylation sites (tertiary alicyclic amines) is 1. The zero-order valence-electron chi connectivity index (χ0n) is 16.6. The van der Waals surface area contributed by atoms with Crippen LogP contribution in [0.15, 0.2) is 71.3 Å². The fraction of sp³-hybridized carbons (Fsp3) is 0.217. The van der Waals surface area contributed by atoms with Crippen LogP contribution in [0.3, 0.4) is 0 Å². The summed E-state index contributed by atoms with van der Waals surface area (Å²) in [6.45, 7) is 0.375. The number of anilines is 1. The Hall–Kier alpha value is -3.78. The molecule has 8 heteroatoms. The van der Waals surface area contributed by atoms with Crippen LogP contribution >= 0.6 is 0 Å². The molecule has 2 aliphatic heterocycles. The molecule has 1 saturated heterocycles. The van der Waals surface area contributed by atoms with E-state index in [0.29, 0.717) is 17.8 Å². The molecule has 3 atom stereocenters. The zero-order valence-corrected chi connectivity index (χ0v) is 16.6. The third-order valence-corrected chi connectivity index (χ3v) is 6.41. The molecule has 1 spiro atoms. The minimum Gasteiger partial charge on any atom is -0.461 e. The van der Waals surface area contributed by atoms with E-state index in [9.17, 15) is 19.7 Å². The summed E-state index contributed by atoms with van der Waals surface area (Å²) in [6, 6.07) is 16.8. The molecular weight excluding hydrogens is 398 g/mol. The van der Waals surface area contributed by atoms with Gasteiger partial charge in [0.25, 0.3) is 5.69 Å². The number of ketones is 1. The maximum Gasteiger partial charge on any atom is 0.269 e. The van der Waals surface area contributed by atoms with Crippen molar-refractivity contribution >= 4 is 23.1 Å². The summed E-state index contributed by atoms with van der Waals surface area (Å²) >= 11 is 0. The number of likely N-dealkylation sites (N-methyl/N-ethyl adjacent to an activating group) is 1. The van der Waals surface area contributed by atoms with Gasteiger partial charge in [-0.2, -0.15) is 0 Å². The number of nitro benzene ring substituents is 1. The van der Waals surface area contributed by atoms with Gasteiger partial charge in [0, 0.05) is 35.8 Å². The van der Waals surface area contributed by atoms with Gasteiger partial charge in [0.2, 0.25) is 11.7 Å². The minimum atomic E-state index is -1.24. The van der Waals surface area contributed by atoms with Crippen LogP contribution in [0.2, 0.25) is 0 Å². The lowest BCUT2D eigenvalue weighted by Crippen LogP contribution is -2.51. The highest BCUT2D eigenvalue weighted by atomic mass is 16.6. The fourth-order valence-corrected chi connectivity index (χ4v) is 5.14. The Labute approximate surface area is 177 Å². The number of hydrogen-bond donors (Lipinski definition) is 1. The Morgan fingerprint density at radius 2 is 2.00 bits per heavy atom. The number of furan rings is 1.